The van der Waals surface area contributed by atoms with Gasteiger partial charge in [-0.1, -0.05) is 17.3 Å². The normalized spacial score (nSPS) is 15.0. The number of hydrogen-bond donors (Lipinski definition) is 0. The van der Waals surface area contributed by atoms with E-state index in [0.29, 0.717) is 30.8 Å². The first-order chi connectivity index (χ1) is 14.7. The number of benzene rings is 2. The SMILES string of the molecule is O=C(c1ccc(Cn2cncn2)cc1)N1CCC(c2noc3cc(F)ccc23)CC1. The maximum Gasteiger partial charge on any atom is 0.253 e. The van der Waals surface area contributed by atoms with Crippen LogP contribution in [0, 0.1) is 5.82 Å². The van der Waals surface area contributed by atoms with E-state index in [2.05, 4.69) is 15.2 Å². The molecule has 1 fully saturated rings. The molecule has 0 saturated carbocycles. The van der Waals surface area contributed by atoms with Crippen LogP contribution in [-0.2, 0) is 6.54 Å². The van der Waals surface area contributed by atoms with Crippen molar-refractivity contribution in [3.63, 3.8) is 0 Å². The van der Waals surface area contributed by atoms with Gasteiger partial charge in [-0.05, 0) is 42.7 Å². The molecule has 1 saturated heterocycles. The Labute approximate surface area is 172 Å². The van der Waals surface area contributed by atoms with Gasteiger partial charge in [0.25, 0.3) is 5.91 Å². The van der Waals surface area contributed by atoms with E-state index in [-0.39, 0.29) is 17.6 Å². The van der Waals surface area contributed by atoms with Crippen molar-refractivity contribution >= 4 is 16.9 Å². The molecule has 0 bridgehead atoms. The quantitative estimate of drug-likeness (QED) is 0.518. The number of fused-ring (bicyclic) bond motifs is 1. The third-order valence-electron chi connectivity index (χ3n) is 5.64. The Kier molecular flexibility index (Phi) is 4.74. The number of likely N-dealkylation sites (tertiary alicyclic amines) is 1. The van der Waals surface area contributed by atoms with E-state index < -0.39 is 0 Å². The molecule has 1 amide bonds. The summed E-state index contributed by atoms with van der Waals surface area (Å²) in [6, 6.07) is 12.1. The highest BCUT2D eigenvalue weighted by Crippen LogP contribution is 2.33. The van der Waals surface area contributed by atoms with Crippen LogP contribution < -0.4 is 0 Å². The smallest absolute Gasteiger partial charge is 0.253 e. The zero-order valence-corrected chi connectivity index (χ0v) is 16.2. The number of hydrogen-bond acceptors (Lipinski definition) is 5. The summed E-state index contributed by atoms with van der Waals surface area (Å²) in [5.41, 5.74) is 3.06. The highest BCUT2D eigenvalue weighted by molar-refractivity contribution is 5.94. The highest BCUT2D eigenvalue weighted by Gasteiger charge is 2.27. The Hall–Kier alpha value is -3.55. The molecular formula is C22H20FN5O2. The Bertz CT molecular complexity index is 1160. The predicted octanol–water partition coefficient (Wildman–Crippen LogP) is 3.63. The second-order valence-electron chi connectivity index (χ2n) is 7.56. The van der Waals surface area contributed by atoms with Crippen molar-refractivity contribution in [1.29, 1.82) is 0 Å². The summed E-state index contributed by atoms with van der Waals surface area (Å²) >= 11 is 0. The van der Waals surface area contributed by atoms with Gasteiger partial charge in [-0.25, -0.2) is 14.1 Å². The average Bonchev–Trinajstić information content (AvgIpc) is 3.43. The molecule has 1 aliphatic heterocycles. The van der Waals surface area contributed by atoms with Gasteiger partial charge in [-0.3, -0.25) is 4.79 Å². The number of nitrogens with zero attached hydrogens (tertiary/aromatic N) is 5. The summed E-state index contributed by atoms with van der Waals surface area (Å²) in [6.07, 6.45) is 4.77. The Morgan fingerprint density at radius 2 is 1.93 bits per heavy atom. The number of piperidine rings is 1. The Morgan fingerprint density at radius 3 is 2.67 bits per heavy atom. The van der Waals surface area contributed by atoms with Crippen molar-refractivity contribution in [2.75, 3.05) is 13.1 Å². The number of aromatic nitrogens is 4. The predicted molar refractivity (Wildman–Crippen MR) is 107 cm³/mol. The lowest BCUT2D eigenvalue weighted by molar-refractivity contribution is 0.0712. The second kappa shape index (κ2) is 7.70. The number of amides is 1. The molecule has 0 aliphatic carbocycles. The highest BCUT2D eigenvalue weighted by atomic mass is 19.1. The molecule has 0 atom stereocenters. The van der Waals surface area contributed by atoms with E-state index >= 15 is 0 Å². The monoisotopic (exact) mass is 405 g/mol. The largest absolute Gasteiger partial charge is 0.356 e. The first-order valence-electron chi connectivity index (χ1n) is 9.93. The lowest BCUT2D eigenvalue weighted by Gasteiger charge is -2.31. The molecular weight excluding hydrogens is 385 g/mol. The number of halogens is 1. The van der Waals surface area contributed by atoms with E-state index in [4.69, 9.17) is 4.52 Å². The molecule has 2 aromatic heterocycles. The maximum atomic E-state index is 13.4. The van der Waals surface area contributed by atoms with Crippen LogP contribution in [0.15, 0.2) is 59.6 Å². The second-order valence-corrected chi connectivity index (χ2v) is 7.56. The van der Waals surface area contributed by atoms with Crippen LogP contribution in [0.2, 0.25) is 0 Å². The zero-order chi connectivity index (χ0) is 20.5. The third kappa shape index (κ3) is 3.56. The van der Waals surface area contributed by atoms with Crippen LogP contribution >= 0.6 is 0 Å². The molecule has 0 radical (unpaired) electrons. The molecule has 0 spiro atoms. The van der Waals surface area contributed by atoms with Crippen molar-refractivity contribution in [3.8, 4) is 0 Å². The summed E-state index contributed by atoms with van der Waals surface area (Å²) in [6.45, 7) is 1.93. The topological polar surface area (TPSA) is 77.1 Å². The number of carbonyl (C=O) groups is 1. The third-order valence-corrected chi connectivity index (χ3v) is 5.64. The summed E-state index contributed by atoms with van der Waals surface area (Å²) in [5, 5.41) is 9.12. The molecule has 8 heteroatoms. The minimum Gasteiger partial charge on any atom is -0.356 e. The molecule has 7 nitrogen and oxygen atoms in total. The van der Waals surface area contributed by atoms with E-state index in [1.165, 1.54) is 18.5 Å². The summed E-state index contributed by atoms with van der Waals surface area (Å²) < 4.78 is 20.4. The fourth-order valence-electron chi connectivity index (χ4n) is 4.02. The minimum atomic E-state index is -0.335. The van der Waals surface area contributed by atoms with Gasteiger partial charge in [-0.2, -0.15) is 5.10 Å². The van der Waals surface area contributed by atoms with Gasteiger partial charge in [0, 0.05) is 36.0 Å². The number of rotatable bonds is 4. The van der Waals surface area contributed by atoms with Gasteiger partial charge in [-0.15, -0.1) is 0 Å². The molecule has 5 rings (SSSR count). The summed E-state index contributed by atoms with van der Waals surface area (Å²) in [5.74, 6) is -0.100. The van der Waals surface area contributed by atoms with Crippen molar-refractivity contribution in [2.45, 2.75) is 25.3 Å². The zero-order valence-electron chi connectivity index (χ0n) is 16.2. The fraction of sp³-hybridized carbons (Fsp3) is 0.273. The number of carbonyl (C=O) groups excluding carboxylic acids is 1. The van der Waals surface area contributed by atoms with Crippen LogP contribution in [0.3, 0.4) is 0 Å². The molecule has 152 valence electrons. The van der Waals surface area contributed by atoms with Crippen LogP contribution in [0.1, 0.15) is 40.4 Å². The fourth-order valence-corrected chi connectivity index (χ4v) is 4.02. The van der Waals surface area contributed by atoms with Crippen molar-refractivity contribution in [3.05, 3.63) is 77.8 Å². The Morgan fingerprint density at radius 1 is 1.13 bits per heavy atom. The van der Waals surface area contributed by atoms with Crippen molar-refractivity contribution < 1.29 is 13.7 Å². The standard InChI is InChI=1S/C22H20FN5O2/c23-18-5-6-19-20(11-18)30-26-21(19)16-7-9-27(10-8-16)22(29)17-3-1-15(2-4-17)12-28-14-24-13-25-28/h1-6,11,13-14,16H,7-10,12H2. The Balaban J connectivity index is 1.23. The summed E-state index contributed by atoms with van der Waals surface area (Å²) in [4.78, 5) is 18.7. The van der Waals surface area contributed by atoms with E-state index in [0.717, 1.165) is 29.5 Å². The first kappa shape index (κ1) is 18.5. The van der Waals surface area contributed by atoms with E-state index in [9.17, 15) is 9.18 Å². The lowest BCUT2D eigenvalue weighted by atomic mass is 9.91. The molecule has 3 heterocycles. The maximum absolute atomic E-state index is 13.4. The van der Waals surface area contributed by atoms with Crippen LogP contribution in [0.5, 0.6) is 0 Å². The molecule has 0 N–H and O–H groups in total. The summed E-state index contributed by atoms with van der Waals surface area (Å²) in [7, 11) is 0. The molecule has 1 aliphatic rings. The van der Waals surface area contributed by atoms with E-state index in [1.807, 2.05) is 29.2 Å². The van der Waals surface area contributed by atoms with Gasteiger partial charge < -0.3 is 9.42 Å². The van der Waals surface area contributed by atoms with Gasteiger partial charge in [0.05, 0.1) is 12.2 Å². The molecule has 30 heavy (non-hydrogen) atoms. The molecule has 0 unspecified atom stereocenters. The minimum absolute atomic E-state index is 0.0350. The lowest BCUT2D eigenvalue weighted by Crippen LogP contribution is -2.38. The van der Waals surface area contributed by atoms with Gasteiger partial charge >= 0.3 is 0 Å². The van der Waals surface area contributed by atoms with Gasteiger partial charge in [0.2, 0.25) is 0 Å². The van der Waals surface area contributed by atoms with Crippen molar-refractivity contribution in [1.82, 2.24) is 24.8 Å². The van der Waals surface area contributed by atoms with Crippen LogP contribution in [0.4, 0.5) is 4.39 Å². The molecule has 2 aromatic carbocycles. The van der Waals surface area contributed by atoms with Crippen molar-refractivity contribution in [2.24, 2.45) is 0 Å². The average molecular weight is 405 g/mol. The van der Waals surface area contributed by atoms with E-state index in [1.54, 1.807) is 17.1 Å². The molecule has 4 aromatic rings. The first-order valence-corrected chi connectivity index (χ1v) is 9.93. The van der Waals surface area contributed by atoms with Gasteiger partial charge in [0.15, 0.2) is 5.58 Å². The van der Waals surface area contributed by atoms with Crippen LogP contribution in [0.25, 0.3) is 11.0 Å². The van der Waals surface area contributed by atoms with Gasteiger partial charge in [0.1, 0.15) is 18.5 Å². The van der Waals surface area contributed by atoms with Crippen LogP contribution in [-0.4, -0.2) is 43.8 Å².